The zero-order valence-electron chi connectivity index (χ0n) is 11.5. The van der Waals surface area contributed by atoms with Gasteiger partial charge in [0, 0.05) is 17.1 Å². The van der Waals surface area contributed by atoms with Crippen molar-refractivity contribution in [3.8, 4) is 0 Å². The lowest BCUT2D eigenvalue weighted by atomic mass is 10.1. The van der Waals surface area contributed by atoms with Gasteiger partial charge in [-0.2, -0.15) is 0 Å². The highest BCUT2D eigenvalue weighted by atomic mass is 15.1. The molecular weight excluding hydrogens is 218 g/mol. The number of hydrogen-bond donors (Lipinski definition) is 0. The summed E-state index contributed by atoms with van der Waals surface area (Å²) in [5, 5.41) is 0. The molecule has 0 N–H and O–H groups in total. The molecular formula is C17H21N. The molecule has 1 aromatic carbocycles. The Morgan fingerprint density at radius 1 is 1.17 bits per heavy atom. The Morgan fingerprint density at radius 2 is 1.78 bits per heavy atom. The predicted octanol–water partition coefficient (Wildman–Crippen LogP) is 5.06. The second-order valence-corrected chi connectivity index (χ2v) is 4.18. The summed E-state index contributed by atoms with van der Waals surface area (Å²) in [5.74, 6) is 0. The highest BCUT2D eigenvalue weighted by Gasteiger charge is 2.11. The SMILES string of the molecule is C=C/C(C)=C(\C=C/C)N(C(=C)C)c1ccccc1. The van der Waals surface area contributed by atoms with E-state index in [0.717, 1.165) is 22.7 Å². The molecule has 0 atom stereocenters. The zero-order valence-corrected chi connectivity index (χ0v) is 11.5. The van der Waals surface area contributed by atoms with Crippen molar-refractivity contribution in [2.75, 3.05) is 4.90 Å². The standard InChI is InChI=1S/C17H21N/c1-6-11-17(15(5)7-2)18(14(3)4)16-12-9-8-10-13-16/h6-13H,2-3H2,1,4-5H3/b11-6-,17-15+. The fraction of sp³-hybridized carbons (Fsp3) is 0.176. The maximum atomic E-state index is 4.08. The predicted molar refractivity (Wildman–Crippen MR) is 81.4 cm³/mol. The number of hydrogen-bond acceptors (Lipinski definition) is 1. The maximum Gasteiger partial charge on any atom is 0.0483 e. The van der Waals surface area contributed by atoms with Crippen molar-refractivity contribution in [1.29, 1.82) is 0 Å². The van der Waals surface area contributed by atoms with Gasteiger partial charge < -0.3 is 4.90 Å². The molecule has 0 unspecified atom stereocenters. The van der Waals surface area contributed by atoms with Crippen LogP contribution in [0.4, 0.5) is 5.69 Å². The van der Waals surface area contributed by atoms with Gasteiger partial charge in [-0.1, -0.05) is 43.5 Å². The van der Waals surface area contributed by atoms with Crippen molar-refractivity contribution in [3.05, 3.63) is 78.7 Å². The van der Waals surface area contributed by atoms with E-state index in [1.807, 2.05) is 44.2 Å². The van der Waals surface area contributed by atoms with Crippen LogP contribution in [0.2, 0.25) is 0 Å². The van der Waals surface area contributed by atoms with Gasteiger partial charge >= 0.3 is 0 Å². The van der Waals surface area contributed by atoms with Crippen molar-refractivity contribution in [2.45, 2.75) is 20.8 Å². The fourth-order valence-corrected chi connectivity index (χ4v) is 1.79. The van der Waals surface area contributed by atoms with Crippen LogP contribution in [0.3, 0.4) is 0 Å². The minimum atomic E-state index is 0.982. The van der Waals surface area contributed by atoms with Gasteiger partial charge in [-0.05, 0) is 44.6 Å². The molecule has 0 spiro atoms. The van der Waals surface area contributed by atoms with Crippen molar-refractivity contribution >= 4 is 5.69 Å². The summed E-state index contributed by atoms with van der Waals surface area (Å²) in [4.78, 5) is 2.14. The lowest BCUT2D eigenvalue weighted by molar-refractivity contribution is 1.08. The molecule has 0 aliphatic carbocycles. The summed E-state index contributed by atoms with van der Waals surface area (Å²) in [6.07, 6.45) is 5.98. The Labute approximate surface area is 110 Å². The lowest BCUT2D eigenvalue weighted by Crippen LogP contribution is -2.19. The van der Waals surface area contributed by atoms with Crippen LogP contribution in [-0.4, -0.2) is 0 Å². The van der Waals surface area contributed by atoms with E-state index in [2.05, 4.69) is 43.2 Å². The van der Waals surface area contributed by atoms with Gasteiger partial charge in [0.15, 0.2) is 0 Å². The highest BCUT2D eigenvalue weighted by molar-refractivity contribution is 5.61. The zero-order chi connectivity index (χ0) is 13.5. The van der Waals surface area contributed by atoms with Gasteiger partial charge in [-0.3, -0.25) is 0 Å². The third-order valence-electron chi connectivity index (χ3n) is 2.67. The Kier molecular flexibility index (Phi) is 5.19. The Bertz CT molecular complexity index is 478. The average Bonchev–Trinajstić information content (AvgIpc) is 2.38. The molecule has 0 radical (unpaired) electrons. The molecule has 18 heavy (non-hydrogen) atoms. The summed E-state index contributed by atoms with van der Waals surface area (Å²) in [6, 6.07) is 10.2. The van der Waals surface area contributed by atoms with Crippen molar-refractivity contribution < 1.29 is 0 Å². The number of allylic oxidation sites excluding steroid dienone is 5. The van der Waals surface area contributed by atoms with Gasteiger partial charge in [0.2, 0.25) is 0 Å². The fourth-order valence-electron chi connectivity index (χ4n) is 1.79. The molecule has 0 fully saturated rings. The number of nitrogens with zero attached hydrogens (tertiary/aromatic N) is 1. The van der Waals surface area contributed by atoms with Crippen LogP contribution in [0.1, 0.15) is 20.8 Å². The van der Waals surface area contributed by atoms with Crippen LogP contribution in [0.5, 0.6) is 0 Å². The van der Waals surface area contributed by atoms with Crippen molar-refractivity contribution in [1.82, 2.24) is 0 Å². The van der Waals surface area contributed by atoms with Gasteiger partial charge in [-0.15, -0.1) is 0 Å². The molecule has 0 saturated heterocycles. The smallest absolute Gasteiger partial charge is 0.0483 e. The summed E-state index contributed by atoms with van der Waals surface area (Å²) in [5.41, 5.74) is 4.32. The Balaban J connectivity index is 3.36. The average molecular weight is 239 g/mol. The van der Waals surface area contributed by atoms with E-state index in [0.29, 0.717) is 0 Å². The van der Waals surface area contributed by atoms with E-state index in [4.69, 9.17) is 0 Å². The maximum absolute atomic E-state index is 4.08. The first-order chi connectivity index (χ1) is 8.61. The summed E-state index contributed by atoms with van der Waals surface area (Å²) < 4.78 is 0. The van der Waals surface area contributed by atoms with Crippen molar-refractivity contribution in [3.63, 3.8) is 0 Å². The number of rotatable bonds is 5. The molecule has 0 aromatic heterocycles. The molecule has 1 aromatic rings. The number of para-hydroxylation sites is 1. The summed E-state index contributed by atoms with van der Waals surface area (Å²) in [6.45, 7) is 14.0. The first kappa shape index (κ1) is 14.0. The monoisotopic (exact) mass is 239 g/mol. The molecule has 0 aliphatic heterocycles. The molecule has 1 heteroatoms. The molecule has 94 valence electrons. The second-order valence-electron chi connectivity index (χ2n) is 4.18. The van der Waals surface area contributed by atoms with Crippen LogP contribution in [0.25, 0.3) is 0 Å². The highest BCUT2D eigenvalue weighted by Crippen LogP contribution is 2.26. The molecule has 0 aliphatic rings. The van der Waals surface area contributed by atoms with Gasteiger partial charge in [-0.25, -0.2) is 0 Å². The third kappa shape index (κ3) is 3.24. The van der Waals surface area contributed by atoms with E-state index in [-0.39, 0.29) is 0 Å². The van der Waals surface area contributed by atoms with E-state index in [1.54, 1.807) is 0 Å². The molecule has 0 heterocycles. The molecule has 1 nitrogen and oxygen atoms in total. The van der Waals surface area contributed by atoms with E-state index < -0.39 is 0 Å². The Hall–Kier alpha value is -2.02. The van der Waals surface area contributed by atoms with Crippen LogP contribution >= 0.6 is 0 Å². The van der Waals surface area contributed by atoms with E-state index >= 15 is 0 Å². The molecule has 1 rings (SSSR count). The normalized spacial score (nSPS) is 12.2. The minimum absolute atomic E-state index is 0.982. The van der Waals surface area contributed by atoms with Gasteiger partial charge in [0.1, 0.15) is 0 Å². The van der Waals surface area contributed by atoms with E-state index in [1.165, 1.54) is 0 Å². The Morgan fingerprint density at radius 3 is 2.22 bits per heavy atom. The topological polar surface area (TPSA) is 3.24 Å². The first-order valence-corrected chi connectivity index (χ1v) is 6.08. The first-order valence-electron chi connectivity index (χ1n) is 6.08. The summed E-state index contributed by atoms with van der Waals surface area (Å²) in [7, 11) is 0. The summed E-state index contributed by atoms with van der Waals surface area (Å²) >= 11 is 0. The van der Waals surface area contributed by atoms with Gasteiger partial charge in [0.05, 0.1) is 0 Å². The van der Waals surface area contributed by atoms with Crippen LogP contribution < -0.4 is 4.90 Å². The van der Waals surface area contributed by atoms with E-state index in [9.17, 15) is 0 Å². The number of anilines is 1. The lowest BCUT2D eigenvalue weighted by Gasteiger charge is -2.27. The molecule has 0 amide bonds. The second kappa shape index (κ2) is 6.65. The molecule has 0 saturated carbocycles. The van der Waals surface area contributed by atoms with Crippen LogP contribution in [0, 0.1) is 0 Å². The van der Waals surface area contributed by atoms with Crippen LogP contribution in [0.15, 0.2) is 78.7 Å². The van der Waals surface area contributed by atoms with Gasteiger partial charge in [0.25, 0.3) is 0 Å². The minimum Gasteiger partial charge on any atom is -0.315 e. The third-order valence-corrected chi connectivity index (χ3v) is 2.67. The number of benzene rings is 1. The van der Waals surface area contributed by atoms with Crippen molar-refractivity contribution in [2.24, 2.45) is 0 Å². The quantitative estimate of drug-likeness (QED) is 0.649. The largest absolute Gasteiger partial charge is 0.315 e. The molecule has 0 bridgehead atoms. The van der Waals surface area contributed by atoms with Crippen LogP contribution in [-0.2, 0) is 0 Å².